The number of anilines is 1. The maximum absolute atomic E-state index is 12.6. The fraction of sp³-hybridized carbons (Fsp3) is 0.409. The lowest BCUT2D eigenvalue weighted by Crippen LogP contribution is -2.50. The molecule has 0 saturated carbocycles. The number of nitrogens with zero attached hydrogens (tertiary/aromatic N) is 5. The molecule has 3 heterocycles. The van der Waals surface area contributed by atoms with Crippen molar-refractivity contribution in [1.29, 1.82) is 0 Å². The van der Waals surface area contributed by atoms with Crippen LogP contribution in [0, 0.1) is 0 Å². The van der Waals surface area contributed by atoms with Gasteiger partial charge in [0.15, 0.2) is 5.65 Å². The molecule has 1 N–H and O–H groups in total. The maximum Gasteiger partial charge on any atom is 0.321 e. The molecule has 0 unspecified atom stereocenters. The summed E-state index contributed by atoms with van der Waals surface area (Å²) < 4.78 is 2.23. The summed E-state index contributed by atoms with van der Waals surface area (Å²) in [6.07, 6.45) is 1.82. The molecule has 7 nitrogen and oxygen atoms in total. The number of pyridine rings is 1. The molecule has 1 fully saturated rings. The predicted octanol–water partition coefficient (Wildman–Crippen LogP) is 4.06. The number of carbonyl (C=O) groups is 1. The van der Waals surface area contributed by atoms with Crippen LogP contribution >= 0.6 is 11.6 Å². The number of aromatic nitrogens is 3. The molecule has 3 aromatic rings. The molecule has 1 aliphatic heterocycles. The van der Waals surface area contributed by atoms with Gasteiger partial charge in [-0.05, 0) is 24.3 Å². The highest BCUT2D eigenvalue weighted by Gasteiger charge is 2.22. The topological polar surface area (TPSA) is 66.3 Å². The van der Waals surface area contributed by atoms with E-state index >= 15 is 0 Å². The Bertz CT molecular complexity index is 1030. The summed E-state index contributed by atoms with van der Waals surface area (Å²) in [5.74, 6) is 1.41. The second kappa shape index (κ2) is 9.02. The lowest BCUT2D eigenvalue weighted by atomic mass is 10.2. The average molecular weight is 427 g/mol. The van der Waals surface area contributed by atoms with E-state index in [2.05, 4.69) is 33.6 Å². The highest BCUT2D eigenvalue weighted by molar-refractivity contribution is 6.33. The van der Waals surface area contributed by atoms with E-state index in [9.17, 15) is 4.79 Å². The largest absolute Gasteiger partial charge is 0.322 e. The second-order valence-corrected chi connectivity index (χ2v) is 8.27. The monoisotopic (exact) mass is 426 g/mol. The van der Waals surface area contributed by atoms with Crippen molar-refractivity contribution in [2.75, 3.05) is 38.0 Å². The van der Waals surface area contributed by atoms with E-state index in [0.717, 1.165) is 43.2 Å². The van der Waals surface area contributed by atoms with Gasteiger partial charge in [-0.25, -0.2) is 14.8 Å². The number of halogens is 1. The number of nitrogens with one attached hydrogen (secondary N) is 1. The minimum absolute atomic E-state index is 0.102. The fourth-order valence-electron chi connectivity index (χ4n) is 3.81. The van der Waals surface area contributed by atoms with Crippen molar-refractivity contribution in [1.82, 2.24) is 24.3 Å². The number of amides is 2. The molecule has 1 aliphatic rings. The van der Waals surface area contributed by atoms with Crippen LogP contribution in [0.4, 0.5) is 10.5 Å². The summed E-state index contributed by atoms with van der Waals surface area (Å²) in [6.45, 7) is 9.13. The van der Waals surface area contributed by atoms with Crippen molar-refractivity contribution in [2.45, 2.75) is 26.3 Å². The Balaban J connectivity index is 1.34. The van der Waals surface area contributed by atoms with Crippen molar-refractivity contribution in [2.24, 2.45) is 0 Å². The van der Waals surface area contributed by atoms with Gasteiger partial charge in [0.25, 0.3) is 0 Å². The average Bonchev–Trinajstić information content (AvgIpc) is 3.13. The van der Waals surface area contributed by atoms with Crippen molar-refractivity contribution >= 4 is 34.5 Å². The van der Waals surface area contributed by atoms with Crippen molar-refractivity contribution in [3.63, 3.8) is 0 Å². The van der Waals surface area contributed by atoms with Gasteiger partial charge in [-0.15, -0.1) is 0 Å². The molecule has 158 valence electrons. The third kappa shape index (κ3) is 4.42. The van der Waals surface area contributed by atoms with E-state index in [-0.39, 0.29) is 6.03 Å². The van der Waals surface area contributed by atoms with Crippen LogP contribution in [-0.2, 0) is 6.54 Å². The number of hydrogen-bond acceptors (Lipinski definition) is 4. The first-order valence-corrected chi connectivity index (χ1v) is 10.7. The zero-order valence-electron chi connectivity index (χ0n) is 17.4. The highest BCUT2D eigenvalue weighted by Crippen LogP contribution is 2.22. The molecule has 0 aliphatic carbocycles. The Hall–Kier alpha value is -2.64. The molecular weight excluding hydrogens is 400 g/mol. The van der Waals surface area contributed by atoms with Crippen LogP contribution in [-0.4, -0.2) is 63.1 Å². The third-order valence-corrected chi connectivity index (χ3v) is 5.79. The van der Waals surface area contributed by atoms with Crippen molar-refractivity contribution in [3.05, 3.63) is 53.4 Å². The first-order chi connectivity index (χ1) is 14.5. The SMILES string of the molecule is CC(C)c1nc2cccnc2n1CCN1CCN(C(=O)Nc2ccccc2Cl)CC1. The molecule has 0 radical (unpaired) electrons. The maximum atomic E-state index is 12.6. The van der Waals surface area contributed by atoms with Crippen LogP contribution in [0.25, 0.3) is 11.2 Å². The number of fused-ring (bicyclic) bond motifs is 1. The predicted molar refractivity (Wildman–Crippen MR) is 120 cm³/mol. The first kappa shape index (κ1) is 20.6. The van der Waals surface area contributed by atoms with Gasteiger partial charge in [0.2, 0.25) is 0 Å². The zero-order chi connectivity index (χ0) is 21.1. The lowest BCUT2D eigenvalue weighted by molar-refractivity contribution is 0.144. The molecule has 2 amide bonds. The second-order valence-electron chi connectivity index (χ2n) is 7.86. The number of piperazine rings is 1. The molecule has 1 aromatic carbocycles. The van der Waals surface area contributed by atoms with E-state index in [4.69, 9.17) is 16.6 Å². The quantitative estimate of drug-likeness (QED) is 0.668. The minimum Gasteiger partial charge on any atom is -0.322 e. The molecule has 1 saturated heterocycles. The van der Waals surface area contributed by atoms with Crippen LogP contribution < -0.4 is 5.32 Å². The Labute approximate surface area is 181 Å². The Morgan fingerprint density at radius 3 is 2.60 bits per heavy atom. The fourth-order valence-corrected chi connectivity index (χ4v) is 3.99. The highest BCUT2D eigenvalue weighted by atomic mass is 35.5. The van der Waals surface area contributed by atoms with Gasteiger partial charge < -0.3 is 14.8 Å². The van der Waals surface area contributed by atoms with E-state index in [1.807, 2.05) is 41.4 Å². The number of hydrogen-bond donors (Lipinski definition) is 1. The molecule has 0 atom stereocenters. The van der Waals surface area contributed by atoms with Gasteiger partial charge in [0, 0.05) is 51.4 Å². The molecule has 0 spiro atoms. The van der Waals surface area contributed by atoms with E-state index in [1.165, 1.54) is 0 Å². The molecule has 4 rings (SSSR count). The first-order valence-electron chi connectivity index (χ1n) is 10.4. The molecular formula is C22H27ClN6O. The smallest absolute Gasteiger partial charge is 0.321 e. The molecule has 30 heavy (non-hydrogen) atoms. The number of benzene rings is 1. The summed E-state index contributed by atoms with van der Waals surface area (Å²) in [5, 5.41) is 3.45. The summed E-state index contributed by atoms with van der Waals surface area (Å²) >= 11 is 6.14. The third-order valence-electron chi connectivity index (χ3n) is 5.46. The van der Waals surface area contributed by atoms with Crippen LogP contribution in [0.1, 0.15) is 25.6 Å². The summed E-state index contributed by atoms with van der Waals surface area (Å²) in [4.78, 5) is 26.1. The molecule has 2 aromatic heterocycles. The Kier molecular flexibility index (Phi) is 6.20. The van der Waals surface area contributed by atoms with Crippen molar-refractivity contribution in [3.8, 4) is 0 Å². The van der Waals surface area contributed by atoms with Gasteiger partial charge in [0.05, 0.1) is 10.7 Å². The van der Waals surface area contributed by atoms with Gasteiger partial charge in [0.1, 0.15) is 11.3 Å². The lowest BCUT2D eigenvalue weighted by Gasteiger charge is -2.34. The number of carbonyl (C=O) groups excluding carboxylic acids is 1. The number of urea groups is 1. The zero-order valence-corrected chi connectivity index (χ0v) is 18.1. The Morgan fingerprint density at radius 2 is 1.87 bits per heavy atom. The van der Waals surface area contributed by atoms with Crippen LogP contribution in [0.2, 0.25) is 5.02 Å². The van der Waals surface area contributed by atoms with Gasteiger partial charge in [-0.2, -0.15) is 0 Å². The van der Waals surface area contributed by atoms with Gasteiger partial charge >= 0.3 is 6.03 Å². The normalized spacial score (nSPS) is 15.1. The van der Waals surface area contributed by atoms with Crippen molar-refractivity contribution < 1.29 is 4.79 Å². The standard InChI is InChI=1S/C22H27ClN6O/c1-16(2)20-25-19-8-5-9-24-21(19)29(20)15-12-27-10-13-28(14-11-27)22(30)26-18-7-4-3-6-17(18)23/h3-9,16H,10-15H2,1-2H3,(H,26,30). The van der Waals surface area contributed by atoms with Crippen LogP contribution in [0.5, 0.6) is 0 Å². The van der Waals surface area contributed by atoms with Gasteiger partial charge in [-0.1, -0.05) is 37.6 Å². The number of imidazole rings is 1. The number of rotatable bonds is 5. The molecule has 8 heteroatoms. The van der Waals surface area contributed by atoms with Gasteiger partial charge in [-0.3, -0.25) is 4.90 Å². The van der Waals surface area contributed by atoms with E-state index < -0.39 is 0 Å². The molecule has 0 bridgehead atoms. The number of para-hydroxylation sites is 1. The van der Waals surface area contributed by atoms with E-state index in [1.54, 1.807) is 6.07 Å². The van der Waals surface area contributed by atoms with E-state index in [0.29, 0.717) is 29.7 Å². The summed E-state index contributed by atoms with van der Waals surface area (Å²) in [7, 11) is 0. The van der Waals surface area contributed by atoms with Crippen LogP contribution in [0.3, 0.4) is 0 Å². The summed E-state index contributed by atoms with van der Waals surface area (Å²) in [6, 6.07) is 11.1. The van der Waals surface area contributed by atoms with Crippen LogP contribution in [0.15, 0.2) is 42.6 Å². The summed E-state index contributed by atoms with van der Waals surface area (Å²) in [5.41, 5.74) is 2.54. The minimum atomic E-state index is -0.102. The Morgan fingerprint density at radius 1 is 1.10 bits per heavy atom.